The van der Waals surface area contributed by atoms with E-state index in [1.54, 1.807) is 6.20 Å². The standard InChI is InChI=1S/C17H16N2O/c1-12-10-19-16-14(8-5-9-15(16)18)17(12)20-11-13-6-3-2-4-7-13/h2-10H,11,18H2,1H3. The van der Waals surface area contributed by atoms with Crippen LogP contribution in [0.15, 0.2) is 54.7 Å². The van der Waals surface area contributed by atoms with E-state index in [2.05, 4.69) is 4.98 Å². The molecule has 0 fully saturated rings. The van der Waals surface area contributed by atoms with Crippen LogP contribution >= 0.6 is 0 Å². The highest BCUT2D eigenvalue weighted by Crippen LogP contribution is 2.31. The van der Waals surface area contributed by atoms with Crippen LogP contribution in [0.3, 0.4) is 0 Å². The van der Waals surface area contributed by atoms with Gasteiger partial charge in [-0.25, -0.2) is 0 Å². The number of nitrogens with two attached hydrogens (primary N) is 1. The number of rotatable bonds is 3. The van der Waals surface area contributed by atoms with Gasteiger partial charge in [0.05, 0.1) is 11.2 Å². The molecule has 1 aromatic heterocycles. The molecule has 2 N–H and O–H groups in total. The first kappa shape index (κ1) is 12.5. The Kier molecular flexibility index (Phi) is 3.25. The number of para-hydroxylation sites is 1. The number of aromatic nitrogens is 1. The summed E-state index contributed by atoms with van der Waals surface area (Å²) in [5.41, 5.74) is 9.58. The predicted molar refractivity (Wildman–Crippen MR) is 81.7 cm³/mol. The van der Waals surface area contributed by atoms with Gasteiger partial charge in [-0.1, -0.05) is 36.4 Å². The number of ether oxygens (including phenoxy) is 1. The Hall–Kier alpha value is -2.55. The Labute approximate surface area is 118 Å². The number of benzene rings is 2. The summed E-state index contributed by atoms with van der Waals surface area (Å²) in [5.74, 6) is 0.853. The van der Waals surface area contributed by atoms with E-state index in [1.807, 2.05) is 55.5 Å². The van der Waals surface area contributed by atoms with Crippen LogP contribution in [0.1, 0.15) is 11.1 Å². The lowest BCUT2D eigenvalue weighted by Gasteiger charge is -2.12. The first-order chi connectivity index (χ1) is 9.75. The summed E-state index contributed by atoms with van der Waals surface area (Å²) in [6.45, 7) is 2.53. The van der Waals surface area contributed by atoms with E-state index in [1.165, 1.54) is 0 Å². The monoisotopic (exact) mass is 264 g/mol. The molecule has 3 aromatic rings. The summed E-state index contributed by atoms with van der Waals surface area (Å²) in [5, 5.41) is 0.959. The van der Waals surface area contributed by atoms with Gasteiger partial charge < -0.3 is 10.5 Å². The zero-order chi connectivity index (χ0) is 13.9. The van der Waals surface area contributed by atoms with E-state index in [4.69, 9.17) is 10.5 Å². The molecule has 0 radical (unpaired) electrons. The Bertz CT molecular complexity index is 739. The molecule has 0 saturated heterocycles. The van der Waals surface area contributed by atoms with Crippen molar-refractivity contribution in [2.24, 2.45) is 0 Å². The van der Waals surface area contributed by atoms with Crippen LogP contribution in [-0.2, 0) is 6.61 Å². The van der Waals surface area contributed by atoms with Crippen LogP contribution in [0.5, 0.6) is 5.75 Å². The predicted octanol–water partition coefficient (Wildman–Crippen LogP) is 3.70. The minimum atomic E-state index is 0.537. The summed E-state index contributed by atoms with van der Waals surface area (Å²) in [4.78, 5) is 4.39. The second-order valence-corrected chi connectivity index (χ2v) is 4.79. The molecule has 0 aliphatic heterocycles. The number of anilines is 1. The highest BCUT2D eigenvalue weighted by Gasteiger charge is 2.09. The van der Waals surface area contributed by atoms with E-state index in [-0.39, 0.29) is 0 Å². The van der Waals surface area contributed by atoms with Crippen molar-refractivity contribution >= 4 is 16.6 Å². The smallest absolute Gasteiger partial charge is 0.133 e. The molecule has 2 aromatic carbocycles. The van der Waals surface area contributed by atoms with Gasteiger partial charge in [-0.05, 0) is 24.6 Å². The van der Waals surface area contributed by atoms with E-state index in [0.29, 0.717) is 12.3 Å². The fourth-order valence-electron chi connectivity index (χ4n) is 2.24. The van der Waals surface area contributed by atoms with Crippen molar-refractivity contribution in [1.29, 1.82) is 0 Å². The first-order valence-electron chi connectivity index (χ1n) is 6.56. The Morgan fingerprint density at radius 3 is 2.65 bits per heavy atom. The third-order valence-corrected chi connectivity index (χ3v) is 3.28. The van der Waals surface area contributed by atoms with Crippen LogP contribution in [-0.4, -0.2) is 4.98 Å². The zero-order valence-electron chi connectivity index (χ0n) is 11.3. The molecular formula is C17H16N2O. The van der Waals surface area contributed by atoms with Crippen LogP contribution in [0, 0.1) is 6.92 Å². The van der Waals surface area contributed by atoms with Crippen LogP contribution in [0.25, 0.3) is 10.9 Å². The van der Waals surface area contributed by atoms with Crippen LogP contribution in [0.4, 0.5) is 5.69 Å². The second kappa shape index (κ2) is 5.21. The number of hydrogen-bond acceptors (Lipinski definition) is 3. The van der Waals surface area contributed by atoms with Crippen LogP contribution in [0.2, 0.25) is 0 Å². The average Bonchev–Trinajstić information content (AvgIpc) is 2.47. The molecule has 0 bridgehead atoms. The molecule has 20 heavy (non-hydrogen) atoms. The molecule has 100 valence electrons. The van der Waals surface area contributed by atoms with Gasteiger partial charge in [-0.3, -0.25) is 4.98 Å². The highest BCUT2D eigenvalue weighted by molar-refractivity contribution is 5.94. The van der Waals surface area contributed by atoms with Gasteiger partial charge in [-0.15, -0.1) is 0 Å². The Morgan fingerprint density at radius 1 is 1.05 bits per heavy atom. The van der Waals surface area contributed by atoms with Crippen molar-refractivity contribution < 1.29 is 4.74 Å². The normalized spacial score (nSPS) is 10.7. The fraction of sp³-hybridized carbons (Fsp3) is 0.118. The molecule has 0 amide bonds. The average molecular weight is 264 g/mol. The van der Waals surface area contributed by atoms with E-state index < -0.39 is 0 Å². The molecule has 0 aliphatic carbocycles. The van der Waals surface area contributed by atoms with Crippen LogP contribution < -0.4 is 10.5 Å². The number of hydrogen-bond donors (Lipinski definition) is 1. The summed E-state index contributed by atoms with van der Waals surface area (Å²) in [7, 11) is 0. The van der Waals surface area contributed by atoms with Gasteiger partial charge in [0.25, 0.3) is 0 Å². The van der Waals surface area contributed by atoms with Crippen molar-refractivity contribution in [1.82, 2.24) is 4.98 Å². The summed E-state index contributed by atoms with van der Waals surface area (Å²) >= 11 is 0. The minimum Gasteiger partial charge on any atom is -0.488 e. The maximum absolute atomic E-state index is 6.00. The third-order valence-electron chi connectivity index (χ3n) is 3.28. The van der Waals surface area contributed by atoms with E-state index in [9.17, 15) is 0 Å². The molecule has 3 rings (SSSR count). The van der Waals surface area contributed by atoms with E-state index in [0.717, 1.165) is 27.8 Å². The quantitative estimate of drug-likeness (QED) is 0.734. The number of fused-ring (bicyclic) bond motifs is 1. The molecule has 3 heteroatoms. The maximum atomic E-state index is 6.00. The summed E-state index contributed by atoms with van der Waals surface area (Å²) < 4.78 is 6.00. The molecular weight excluding hydrogens is 248 g/mol. The molecule has 0 aliphatic rings. The minimum absolute atomic E-state index is 0.537. The summed E-state index contributed by atoms with van der Waals surface area (Å²) in [6.07, 6.45) is 1.80. The first-order valence-corrected chi connectivity index (χ1v) is 6.56. The Balaban J connectivity index is 1.98. The van der Waals surface area contributed by atoms with Gasteiger partial charge in [0, 0.05) is 17.1 Å². The van der Waals surface area contributed by atoms with Gasteiger partial charge in [0.2, 0.25) is 0 Å². The van der Waals surface area contributed by atoms with Crippen molar-refractivity contribution in [2.45, 2.75) is 13.5 Å². The lowest BCUT2D eigenvalue weighted by atomic mass is 10.1. The number of aryl methyl sites for hydroxylation is 1. The number of nitrogens with zero attached hydrogens (tertiary/aromatic N) is 1. The lowest BCUT2D eigenvalue weighted by molar-refractivity contribution is 0.308. The molecule has 0 atom stereocenters. The molecule has 0 saturated carbocycles. The largest absolute Gasteiger partial charge is 0.488 e. The van der Waals surface area contributed by atoms with E-state index >= 15 is 0 Å². The molecule has 0 spiro atoms. The van der Waals surface area contributed by atoms with Crippen molar-refractivity contribution in [3.05, 3.63) is 65.9 Å². The van der Waals surface area contributed by atoms with Crippen molar-refractivity contribution in [2.75, 3.05) is 5.73 Å². The SMILES string of the molecule is Cc1cnc2c(N)cccc2c1OCc1ccccc1. The Morgan fingerprint density at radius 2 is 1.85 bits per heavy atom. The van der Waals surface area contributed by atoms with Gasteiger partial charge in [0.15, 0.2) is 0 Å². The second-order valence-electron chi connectivity index (χ2n) is 4.79. The zero-order valence-corrected chi connectivity index (χ0v) is 11.3. The molecule has 1 heterocycles. The summed E-state index contributed by atoms with van der Waals surface area (Å²) in [6, 6.07) is 15.9. The van der Waals surface area contributed by atoms with Crippen molar-refractivity contribution in [3.8, 4) is 5.75 Å². The number of nitrogen functional groups attached to an aromatic ring is 1. The maximum Gasteiger partial charge on any atom is 0.133 e. The highest BCUT2D eigenvalue weighted by atomic mass is 16.5. The molecule has 0 unspecified atom stereocenters. The van der Waals surface area contributed by atoms with Gasteiger partial charge in [-0.2, -0.15) is 0 Å². The number of pyridine rings is 1. The van der Waals surface area contributed by atoms with Gasteiger partial charge >= 0.3 is 0 Å². The molecule has 3 nitrogen and oxygen atoms in total. The lowest BCUT2D eigenvalue weighted by Crippen LogP contribution is -1.99. The third kappa shape index (κ3) is 2.30. The fourth-order valence-corrected chi connectivity index (χ4v) is 2.24. The van der Waals surface area contributed by atoms with Gasteiger partial charge in [0.1, 0.15) is 12.4 Å². The van der Waals surface area contributed by atoms with Crippen molar-refractivity contribution in [3.63, 3.8) is 0 Å². The topological polar surface area (TPSA) is 48.1 Å².